The third kappa shape index (κ3) is 8.25. The summed E-state index contributed by atoms with van der Waals surface area (Å²) < 4.78 is 25.6. The summed E-state index contributed by atoms with van der Waals surface area (Å²) >= 11 is 1.40. The Morgan fingerprint density at radius 2 is 1.85 bits per heavy atom. The van der Waals surface area contributed by atoms with E-state index in [9.17, 15) is 33.0 Å². The lowest BCUT2D eigenvalue weighted by Crippen LogP contribution is -2.42. The van der Waals surface area contributed by atoms with Gasteiger partial charge in [0.1, 0.15) is 5.70 Å². The van der Waals surface area contributed by atoms with Crippen LogP contribution in [0.25, 0.3) is 0 Å². The first-order chi connectivity index (χ1) is 18.2. The van der Waals surface area contributed by atoms with Crippen molar-refractivity contribution >= 4 is 45.4 Å². The van der Waals surface area contributed by atoms with Gasteiger partial charge in [0.05, 0.1) is 6.10 Å². The fourth-order valence-corrected chi connectivity index (χ4v) is 7.31. The number of nitrogens with two attached hydrogens (primary N) is 1. The number of carboxylic acids is 1. The van der Waals surface area contributed by atoms with Gasteiger partial charge in [-0.1, -0.05) is 19.1 Å². The normalized spacial score (nSPS) is 24.7. The van der Waals surface area contributed by atoms with Crippen LogP contribution in [0.2, 0.25) is 0 Å². The molecule has 0 unspecified atom stereocenters. The number of thioether (sulfide) groups is 1. The average Bonchev–Trinajstić information content (AvgIpc) is 3.31. The maximum absolute atomic E-state index is 12.5. The zero-order valence-electron chi connectivity index (χ0n) is 22.5. The van der Waals surface area contributed by atoms with Crippen LogP contribution in [-0.4, -0.2) is 82.7 Å². The third-order valence-electron chi connectivity index (χ3n) is 6.88. The van der Waals surface area contributed by atoms with Gasteiger partial charge in [0, 0.05) is 67.3 Å². The topological polar surface area (TPSA) is 182 Å². The minimum Gasteiger partial charge on any atom is -0.477 e. The summed E-state index contributed by atoms with van der Waals surface area (Å²) in [5, 5.41) is 27.9. The molecule has 216 valence electrons. The largest absolute Gasteiger partial charge is 0.477 e. The number of carbonyl (C=O) groups is 3. The Kier molecular flexibility index (Phi) is 10.2. The van der Waals surface area contributed by atoms with Crippen LogP contribution in [-0.2, 0) is 31.1 Å². The highest BCUT2D eigenvalue weighted by Crippen LogP contribution is 2.46. The molecule has 0 bridgehead atoms. The number of benzene rings is 1. The molecule has 0 spiro atoms. The lowest BCUT2D eigenvalue weighted by atomic mass is 9.98. The number of rotatable bonds is 11. The van der Waals surface area contributed by atoms with Crippen LogP contribution in [0.3, 0.4) is 0 Å². The Bertz CT molecular complexity index is 1220. The Morgan fingerprint density at radius 3 is 2.36 bits per heavy atom. The first-order valence-electron chi connectivity index (χ1n) is 12.7. The quantitative estimate of drug-likeness (QED) is 0.254. The van der Waals surface area contributed by atoms with Gasteiger partial charge in [-0.25, -0.2) is 14.7 Å². The molecule has 12 nitrogen and oxygen atoms in total. The molecule has 1 aromatic rings. The number of aliphatic hydroxyl groups is 1. The number of nitrogens with one attached hydrogen (secondary N) is 2. The first kappa shape index (κ1) is 31.0. The molecule has 1 fully saturated rings. The van der Waals surface area contributed by atoms with Crippen molar-refractivity contribution in [2.45, 2.75) is 70.5 Å². The molecule has 2 amide bonds. The Morgan fingerprint density at radius 1 is 1.21 bits per heavy atom. The summed E-state index contributed by atoms with van der Waals surface area (Å²) in [6.07, 6.45) is 0.0845. The molecule has 6 N–H and O–H groups in total. The van der Waals surface area contributed by atoms with Crippen LogP contribution in [0, 0.1) is 5.92 Å². The number of aliphatic carboxylic acids is 1. The summed E-state index contributed by atoms with van der Waals surface area (Å²) in [6.45, 7) is 7.35. The number of hydrogen-bond donors (Lipinski definition) is 5. The standard InChI is InChI=1S/C25H37N5O7S2/c1-14(31)9-22-15(2)24(23(25(34)35)30(22)17(4)33)38-21-10-20(11-27-39(26,36)37)29(13-21)12-18-5-7-19(8-6-18)28-16(3)32/h5-8,14-15,20-22,27,31H,9-13H2,1-4H3,(H,28,32)(H,34,35)(H2,26,36,37)/t14-,15-,20+,21+,22+/m1/s1. The lowest BCUT2D eigenvalue weighted by molar-refractivity contribution is -0.140. The van der Waals surface area contributed by atoms with Crippen LogP contribution in [0.15, 0.2) is 34.9 Å². The number of likely N-dealkylation sites (tertiary alicyclic amines) is 1. The summed E-state index contributed by atoms with van der Waals surface area (Å²) in [5.41, 5.74) is 1.56. The molecule has 0 aliphatic carbocycles. The van der Waals surface area contributed by atoms with Crippen molar-refractivity contribution in [3.63, 3.8) is 0 Å². The molecule has 1 saturated heterocycles. The molecule has 14 heteroatoms. The van der Waals surface area contributed by atoms with Crippen molar-refractivity contribution in [2.24, 2.45) is 11.1 Å². The summed E-state index contributed by atoms with van der Waals surface area (Å²) in [6, 6.07) is 6.66. The minimum atomic E-state index is -3.91. The molecule has 2 aliphatic heterocycles. The summed E-state index contributed by atoms with van der Waals surface area (Å²) in [4.78, 5) is 40.1. The van der Waals surface area contributed by atoms with Crippen molar-refractivity contribution < 1.29 is 33.0 Å². The molecular formula is C25H37N5O7S2. The number of carbonyl (C=O) groups excluding carboxylic acids is 2. The zero-order valence-corrected chi connectivity index (χ0v) is 24.1. The monoisotopic (exact) mass is 583 g/mol. The van der Waals surface area contributed by atoms with Gasteiger partial charge in [-0.2, -0.15) is 8.42 Å². The Balaban J connectivity index is 1.84. The maximum atomic E-state index is 12.5. The van der Waals surface area contributed by atoms with E-state index in [0.29, 0.717) is 30.1 Å². The second-order valence-electron chi connectivity index (χ2n) is 10.2. The van der Waals surface area contributed by atoms with E-state index in [0.717, 1.165) is 5.56 Å². The van der Waals surface area contributed by atoms with Crippen molar-refractivity contribution in [1.82, 2.24) is 14.5 Å². The minimum absolute atomic E-state index is 0.0585. The van der Waals surface area contributed by atoms with Gasteiger partial charge in [0.25, 0.3) is 10.2 Å². The number of amides is 2. The molecule has 0 radical (unpaired) electrons. The SMILES string of the molecule is CC(=O)Nc1ccc(CN2C[C@@H](SC3=C(C(=O)O)N(C(C)=O)[C@@H](C[C@@H](C)O)[C@H]3C)C[C@H]2CNS(N)(=O)=O)cc1. The molecule has 0 aromatic heterocycles. The van der Waals surface area contributed by atoms with E-state index in [1.54, 1.807) is 19.1 Å². The van der Waals surface area contributed by atoms with Gasteiger partial charge in [0.2, 0.25) is 11.8 Å². The van der Waals surface area contributed by atoms with Crippen LogP contribution in [0.1, 0.15) is 46.1 Å². The van der Waals surface area contributed by atoms with Gasteiger partial charge >= 0.3 is 5.97 Å². The molecule has 2 heterocycles. The van der Waals surface area contributed by atoms with Crippen LogP contribution < -0.4 is 15.2 Å². The highest BCUT2D eigenvalue weighted by Gasteiger charge is 2.45. The lowest BCUT2D eigenvalue weighted by Gasteiger charge is -2.28. The smallest absolute Gasteiger partial charge is 0.353 e. The molecule has 2 aliphatic rings. The van der Waals surface area contributed by atoms with E-state index >= 15 is 0 Å². The number of anilines is 1. The van der Waals surface area contributed by atoms with Gasteiger partial charge in [-0.3, -0.25) is 14.5 Å². The number of aliphatic hydroxyl groups excluding tert-OH is 1. The first-order valence-corrected chi connectivity index (χ1v) is 15.1. The van der Waals surface area contributed by atoms with Crippen LogP contribution in [0.5, 0.6) is 0 Å². The van der Waals surface area contributed by atoms with Gasteiger partial charge in [-0.15, -0.1) is 11.8 Å². The molecular weight excluding hydrogens is 546 g/mol. The van der Waals surface area contributed by atoms with E-state index in [1.807, 2.05) is 19.1 Å². The van der Waals surface area contributed by atoms with E-state index in [2.05, 4.69) is 14.9 Å². The zero-order chi connectivity index (χ0) is 29.1. The summed E-state index contributed by atoms with van der Waals surface area (Å²) in [5.74, 6) is -2.07. The summed E-state index contributed by atoms with van der Waals surface area (Å²) in [7, 11) is -3.91. The van der Waals surface area contributed by atoms with Crippen molar-refractivity contribution in [3.8, 4) is 0 Å². The third-order valence-corrected chi connectivity index (χ3v) is 8.95. The molecule has 39 heavy (non-hydrogen) atoms. The van der Waals surface area contributed by atoms with E-state index in [1.165, 1.54) is 30.5 Å². The van der Waals surface area contributed by atoms with Crippen molar-refractivity contribution in [1.29, 1.82) is 0 Å². The average molecular weight is 584 g/mol. The fourth-order valence-electron chi connectivity index (χ4n) is 5.27. The van der Waals surface area contributed by atoms with Crippen molar-refractivity contribution in [3.05, 3.63) is 40.4 Å². The van der Waals surface area contributed by atoms with Crippen LogP contribution in [0.4, 0.5) is 5.69 Å². The van der Waals surface area contributed by atoms with E-state index < -0.39 is 34.2 Å². The fraction of sp³-hybridized carbons (Fsp3) is 0.560. The van der Waals surface area contributed by atoms with Crippen molar-refractivity contribution in [2.75, 3.05) is 18.4 Å². The molecule has 3 rings (SSSR count). The molecule has 1 aromatic carbocycles. The molecule has 5 atom stereocenters. The number of nitrogens with zero attached hydrogens (tertiary/aromatic N) is 2. The van der Waals surface area contributed by atoms with E-state index in [-0.39, 0.29) is 41.8 Å². The number of hydrogen-bond acceptors (Lipinski definition) is 8. The number of carboxylic acid groups (broad SMARTS) is 1. The second kappa shape index (κ2) is 12.8. The van der Waals surface area contributed by atoms with E-state index in [4.69, 9.17) is 5.14 Å². The predicted molar refractivity (Wildman–Crippen MR) is 148 cm³/mol. The maximum Gasteiger partial charge on any atom is 0.353 e. The Hall–Kier alpha value is -2.49. The Labute approximate surface area is 233 Å². The highest BCUT2D eigenvalue weighted by atomic mass is 32.2. The van der Waals surface area contributed by atoms with Crippen LogP contribution >= 0.6 is 11.8 Å². The van der Waals surface area contributed by atoms with Gasteiger partial charge < -0.3 is 20.4 Å². The van der Waals surface area contributed by atoms with Gasteiger partial charge in [-0.05, 0) is 37.5 Å². The molecule has 0 saturated carbocycles. The predicted octanol–water partition coefficient (Wildman–Crippen LogP) is 1.05. The highest BCUT2D eigenvalue weighted by molar-refractivity contribution is 8.03. The van der Waals surface area contributed by atoms with Gasteiger partial charge in [0.15, 0.2) is 0 Å². The second-order valence-corrected chi connectivity index (χ2v) is 12.9.